The normalized spacial score (nSPS) is 14.6. The van der Waals surface area contributed by atoms with Crippen LogP contribution < -0.4 is 10.2 Å². The molecule has 1 saturated heterocycles. The maximum absolute atomic E-state index is 14.8. The van der Waals surface area contributed by atoms with E-state index in [0.717, 1.165) is 18.7 Å². The van der Waals surface area contributed by atoms with Gasteiger partial charge in [-0.2, -0.15) is 4.98 Å². The van der Waals surface area contributed by atoms with Crippen molar-refractivity contribution in [2.45, 2.75) is 38.5 Å². The second-order valence-electron chi connectivity index (χ2n) is 9.23. The molecule has 4 aromatic rings. The van der Waals surface area contributed by atoms with Gasteiger partial charge in [0.1, 0.15) is 23.8 Å². The van der Waals surface area contributed by atoms with Gasteiger partial charge in [0.15, 0.2) is 5.82 Å². The fourth-order valence-electron chi connectivity index (χ4n) is 4.59. The van der Waals surface area contributed by atoms with Gasteiger partial charge in [-0.1, -0.05) is 25.1 Å². The molecule has 0 bridgehead atoms. The summed E-state index contributed by atoms with van der Waals surface area (Å²) in [7, 11) is 1.43. The third-order valence-electron chi connectivity index (χ3n) is 6.55. The Hall–Kier alpha value is -3.95. The summed E-state index contributed by atoms with van der Waals surface area (Å²) in [6.45, 7) is 5.39. The van der Waals surface area contributed by atoms with Gasteiger partial charge < -0.3 is 14.7 Å². The Labute approximate surface area is 206 Å². The van der Waals surface area contributed by atoms with E-state index in [1.165, 1.54) is 37.6 Å². The van der Waals surface area contributed by atoms with Gasteiger partial charge in [0, 0.05) is 42.9 Å². The second-order valence-corrected chi connectivity index (χ2v) is 9.23. The van der Waals surface area contributed by atoms with Gasteiger partial charge in [-0.15, -0.1) is 0 Å². The highest BCUT2D eigenvalue weighted by Gasteiger charge is 2.27. The highest BCUT2D eigenvalue weighted by molar-refractivity contribution is 6.00. The average molecular weight is 493 g/mol. The molecule has 1 fully saturated rings. The second kappa shape index (κ2) is 9.60. The monoisotopic (exact) mass is 492 g/mol. The summed E-state index contributed by atoms with van der Waals surface area (Å²) in [5.41, 5.74) is 1.28. The predicted molar refractivity (Wildman–Crippen MR) is 131 cm³/mol. The van der Waals surface area contributed by atoms with Crippen molar-refractivity contribution in [1.29, 1.82) is 0 Å². The van der Waals surface area contributed by atoms with Crippen molar-refractivity contribution < 1.29 is 18.1 Å². The molecule has 0 aliphatic carbocycles. The molecule has 10 heteroatoms. The van der Waals surface area contributed by atoms with E-state index in [1.807, 2.05) is 13.8 Å². The smallest absolute Gasteiger partial charge is 0.253 e. The van der Waals surface area contributed by atoms with Crippen molar-refractivity contribution in [3.63, 3.8) is 0 Å². The number of benzene rings is 2. The Morgan fingerprint density at radius 2 is 1.92 bits per heavy atom. The number of amides is 1. The van der Waals surface area contributed by atoms with Crippen molar-refractivity contribution in [3.8, 4) is 11.1 Å². The first-order valence-electron chi connectivity index (χ1n) is 11.9. The summed E-state index contributed by atoms with van der Waals surface area (Å²) < 4.78 is 34.8. The lowest BCUT2D eigenvalue weighted by molar-refractivity contribution is 0.0959. The summed E-state index contributed by atoms with van der Waals surface area (Å²) in [5.74, 6) is 0.638. The van der Waals surface area contributed by atoms with E-state index >= 15 is 0 Å². The van der Waals surface area contributed by atoms with Crippen molar-refractivity contribution in [1.82, 2.24) is 25.4 Å². The number of hydrogen-bond acceptors (Lipinski definition) is 7. The maximum Gasteiger partial charge on any atom is 0.253 e. The van der Waals surface area contributed by atoms with E-state index in [2.05, 4.69) is 30.3 Å². The first kappa shape index (κ1) is 23.8. The van der Waals surface area contributed by atoms with E-state index in [0.29, 0.717) is 46.8 Å². The predicted octanol–water partition coefficient (Wildman–Crippen LogP) is 4.83. The van der Waals surface area contributed by atoms with Crippen molar-refractivity contribution in [2.75, 3.05) is 25.0 Å². The minimum absolute atomic E-state index is 0.0812. The highest BCUT2D eigenvalue weighted by atomic mass is 19.1. The summed E-state index contributed by atoms with van der Waals surface area (Å²) in [6, 6.07) is 6.93. The van der Waals surface area contributed by atoms with E-state index < -0.39 is 17.5 Å². The molecule has 2 aromatic carbocycles. The van der Waals surface area contributed by atoms with Crippen LogP contribution in [-0.4, -0.2) is 46.2 Å². The number of piperidine rings is 1. The zero-order valence-corrected chi connectivity index (χ0v) is 20.3. The van der Waals surface area contributed by atoms with Crippen molar-refractivity contribution in [3.05, 3.63) is 65.6 Å². The van der Waals surface area contributed by atoms with Gasteiger partial charge in [-0.25, -0.2) is 18.7 Å². The fourth-order valence-corrected chi connectivity index (χ4v) is 4.59. The number of fused-ring (bicyclic) bond motifs is 1. The molecule has 0 saturated carbocycles. The lowest BCUT2D eigenvalue weighted by Gasteiger charge is -2.32. The molecule has 1 N–H and O–H groups in total. The molecule has 1 aliphatic rings. The molecular weight excluding hydrogens is 466 g/mol. The third kappa shape index (κ3) is 4.38. The van der Waals surface area contributed by atoms with Crippen LogP contribution in [0.5, 0.6) is 0 Å². The van der Waals surface area contributed by atoms with Crippen LogP contribution in [0.15, 0.2) is 41.2 Å². The molecule has 0 spiro atoms. The van der Waals surface area contributed by atoms with Gasteiger partial charge in [0.05, 0.1) is 11.1 Å². The summed E-state index contributed by atoms with van der Waals surface area (Å²) >= 11 is 0. The van der Waals surface area contributed by atoms with Crippen LogP contribution in [0.2, 0.25) is 0 Å². The van der Waals surface area contributed by atoms with Gasteiger partial charge in [-0.3, -0.25) is 4.79 Å². The molecule has 1 aliphatic heterocycles. The molecule has 0 atom stereocenters. The molecule has 8 nitrogen and oxygen atoms in total. The number of anilines is 1. The number of nitrogens with zero attached hydrogens (tertiary/aromatic N) is 5. The Kier molecular flexibility index (Phi) is 6.34. The quantitative estimate of drug-likeness (QED) is 0.426. The van der Waals surface area contributed by atoms with Gasteiger partial charge in [0.2, 0.25) is 5.89 Å². The van der Waals surface area contributed by atoms with E-state index in [4.69, 9.17) is 4.52 Å². The molecule has 0 radical (unpaired) electrons. The Morgan fingerprint density at radius 3 is 2.58 bits per heavy atom. The minimum Gasteiger partial charge on any atom is -0.356 e. The summed E-state index contributed by atoms with van der Waals surface area (Å²) in [4.78, 5) is 27.4. The molecular formula is C26H26F2N6O2. The number of carbonyl (C=O) groups excluding carboxylic acids is 1. The van der Waals surface area contributed by atoms with Crippen molar-refractivity contribution in [2.24, 2.45) is 0 Å². The van der Waals surface area contributed by atoms with Gasteiger partial charge in [-0.05, 0) is 42.7 Å². The largest absolute Gasteiger partial charge is 0.356 e. The first-order chi connectivity index (χ1) is 17.4. The zero-order chi connectivity index (χ0) is 25.4. The number of carbonyl (C=O) groups is 1. The zero-order valence-electron chi connectivity index (χ0n) is 20.3. The minimum atomic E-state index is -0.692. The van der Waals surface area contributed by atoms with Gasteiger partial charge in [0.25, 0.3) is 5.91 Å². The van der Waals surface area contributed by atoms with Crippen LogP contribution in [0.3, 0.4) is 0 Å². The Bertz CT molecular complexity index is 1430. The van der Waals surface area contributed by atoms with Gasteiger partial charge >= 0.3 is 0 Å². The topological polar surface area (TPSA) is 97.0 Å². The number of rotatable bonds is 5. The molecule has 186 valence electrons. The van der Waals surface area contributed by atoms with Crippen LogP contribution in [0.25, 0.3) is 22.0 Å². The number of nitrogens with one attached hydrogen (secondary N) is 1. The first-order valence-corrected chi connectivity index (χ1v) is 11.9. The molecule has 0 unspecified atom stereocenters. The lowest BCUT2D eigenvalue weighted by atomic mass is 9.95. The van der Waals surface area contributed by atoms with Crippen LogP contribution in [0.1, 0.15) is 60.6 Å². The third-order valence-corrected chi connectivity index (χ3v) is 6.55. The number of halogens is 2. The molecule has 2 aromatic heterocycles. The number of aromatic nitrogens is 4. The van der Waals surface area contributed by atoms with Crippen LogP contribution in [-0.2, 0) is 0 Å². The van der Waals surface area contributed by atoms with Crippen LogP contribution in [0.4, 0.5) is 14.6 Å². The average Bonchev–Trinajstić information content (AvgIpc) is 3.38. The highest BCUT2D eigenvalue weighted by Crippen LogP contribution is 2.36. The lowest BCUT2D eigenvalue weighted by Crippen LogP contribution is -2.34. The molecule has 1 amide bonds. The SMILES string of the molecule is CNC(=O)c1ccc(-c2cc(F)cc3c(N4CCC(c5noc(C(C)C)n5)CC4)ncnc23)cc1F. The van der Waals surface area contributed by atoms with Crippen LogP contribution >= 0.6 is 0 Å². The molecule has 3 heterocycles. The van der Waals surface area contributed by atoms with E-state index in [1.54, 1.807) is 6.07 Å². The van der Waals surface area contributed by atoms with Crippen LogP contribution in [0, 0.1) is 11.6 Å². The molecule has 36 heavy (non-hydrogen) atoms. The summed E-state index contributed by atoms with van der Waals surface area (Å²) in [6.07, 6.45) is 3.04. The fraction of sp³-hybridized carbons (Fsp3) is 0.346. The van der Waals surface area contributed by atoms with Crippen molar-refractivity contribution >= 4 is 22.6 Å². The van der Waals surface area contributed by atoms with E-state index in [-0.39, 0.29) is 17.4 Å². The summed E-state index contributed by atoms with van der Waals surface area (Å²) in [5, 5.41) is 7.11. The van der Waals surface area contributed by atoms with E-state index in [9.17, 15) is 13.6 Å². The standard InChI is InChI=1S/C26H26F2N6O2/c1-14(2)26-32-23(33-36-26)15-6-8-34(9-7-15)24-20-12-17(27)11-19(22(20)30-13-31-24)16-4-5-18(21(28)10-16)25(35)29-3/h4-5,10-15H,6-9H2,1-3H3,(H,29,35). The molecule has 5 rings (SSSR count). The number of hydrogen-bond donors (Lipinski definition) is 1. The maximum atomic E-state index is 14.8. The Morgan fingerprint density at radius 1 is 1.14 bits per heavy atom. The Balaban J connectivity index is 1.45.